The summed E-state index contributed by atoms with van der Waals surface area (Å²) in [4.78, 5) is 103. The van der Waals surface area contributed by atoms with Crippen LogP contribution in [0.5, 0.6) is 0 Å². The molecule has 3 fully saturated rings. The van der Waals surface area contributed by atoms with E-state index in [2.05, 4.69) is 59.9 Å². The Balaban J connectivity index is 0.000000205. The van der Waals surface area contributed by atoms with Crippen molar-refractivity contribution in [1.82, 2.24) is 29.4 Å². The summed E-state index contributed by atoms with van der Waals surface area (Å²) in [6.45, 7) is 9.21. The van der Waals surface area contributed by atoms with Crippen molar-refractivity contribution in [2.45, 2.75) is 155 Å². The Hall–Kier alpha value is -8.01. The van der Waals surface area contributed by atoms with Gasteiger partial charge in [-0.05, 0) is 110 Å². The monoisotopic (exact) mass is 1460 g/mol. The summed E-state index contributed by atoms with van der Waals surface area (Å²) in [5.41, 5.74) is 5.83. The Labute approximate surface area is 591 Å². The molecule has 5 aliphatic rings. The van der Waals surface area contributed by atoms with Crippen molar-refractivity contribution in [1.29, 1.82) is 0 Å². The number of aromatic nitrogens is 4. The third-order valence-corrected chi connectivity index (χ3v) is 18.9. The first-order chi connectivity index (χ1) is 45.7. The van der Waals surface area contributed by atoms with Gasteiger partial charge in [-0.3, -0.25) is 47.7 Å². The number of nitrogens with zero attached hydrogens (tertiary/aromatic N) is 6. The van der Waals surface area contributed by atoms with E-state index in [9.17, 15) is 47.1 Å². The summed E-state index contributed by atoms with van der Waals surface area (Å²) < 4.78 is 76.3. The van der Waals surface area contributed by atoms with Gasteiger partial charge in [-0.1, -0.05) is 108 Å². The Morgan fingerprint density at radius 2 is 1.12 bits per heavy atom. The van der Waals surface area contributed by atoms with Crippen LogP contribution >= 0.6 is 29.4 Å². The lowest BCUT2D eigenvalue weighted by atomic mass is 9.77. The number of benzene rings is 6. The Bertz CT molecular complexity index is 4400. The Morgan fingerprint density at radius 3 is 1.65 bits per heavy atom. The fourth-order valence-corrected chi connectivity index (χ4v) is 13.2. The third-order valence-electron chi connectivity index (χ3n) is 18.4. The molecule has 3 amide bonds. The Kier molecular flexibility index (Phi) is 24.7. The number of amides is 3. The molecule has 0 spiro atoms. The number of rotatable bonds is 14. The molecule has 3 saturated heterocycles. The van der Waals surface area contributed by atoms with Crippen LogP contribution in [0, 0.1) is 11.6 Å². The van der Waals surface area contributed by atoms with E-state index in [1.54, 1.807) is 84.9 Å². The molecule has 6 aromatic carbocycles. The van der Waals surface area contributed by atoms with Crippen LogP contribution in [0.4, 0.5) is 23.2 Å². The maximum atomic E-state index is 15.7. The van der Waals surface area contributed by atoms with Crippen LogP contribution in [0.25, 0.3) is 32.9 Å². The molecule has 514 valence electrons. The zero-order valence-corrected chi connectivity index (χ0v) is 58.3. The van der Waals surface area contributed by atoms with Gasteiger partial charge in [0, 0.05) is 113 Å². The number of carbonyl (C=O) groups is 8. The molecule has 1 aliphatic carbocycles. The quantitative estimate of drug-likeness (QED) is 0.0610. The second-order valence-corrected chi connectivity index (χ2v) is 26.4. The smallest absolute Gasteiger partial charge is 0.399 e. The summed E-state index contributed by atoms with van der Waals surface area (Å²) in [6.07, 6.45) is -0.579. The van der Waals surface area contributed by atoms with E-state index >= 15 is 8.78 Å². The lowest BCUT2D eigenvalue weighted by Gasteiger charge is -2.32. The van der Waals surface area contributed by atoms with E-state index in [0.29, 0.717) is 70.1 Å². The first-order valence-electron chi connectivity index (χ1n) is 31.4. The fraction of sp³-hybridized carbons (Fsp3) is 0.361. The summed E-state index contributed by atoms with van der Waals surface area (Å²) in [5, 5.41) is 12.6. The number of anilines is 1. The number of hydrogen-bond acceptors (Lipinski definition) is 14. The predicted octanol–water partition coefficient (Wildman–Crippen LogP) is 11.4. The average molecular weight is 1460 g/mol. The minimum atomic E-state index is -1.39. The van der Waals surface area contributed by atoms with Crippen LogP contribution in [0.2, 0.25) is 0 Å². The number of likely N-dealkylation sites (tertiary alicyclic amines) is 2. The van der Waals surface area contributed by atoms with Crippen molar-refractivity contribution < 1.29 is 65.2 Å². The molecule has 0 bridgehead atoms. The molecule has 1 N–H and O–H groups in total. The molecule has 4 atom stereocenters. The molecule has 6 heterocycles. The van der Waals surface area contributed by atoms with Gasteiger partial charge in [0.25, 0.3) is 0 Å². The fourth-order valence-electron chi connectivity index (χ4n) is 12.7. The second-order valence-electron chi connectivity index (χ2n) is 25.5. The van der Waals surface area contributed by atoms with Gasteiger partial charge in [0.1, 0.15) is 54.2 Å². The lowest BCUT2D eigenvalue weighted by Crippen LogP contribution is -2.43. The van der Waals surface area contributed by atoms with E-state index in [1.807, 2.05) is 45.9 Å². The molecular formula is C72H75BBrF4N7O10S3. The highest BCUT2D eigenvalue weighted by Crippen LogP contribution is 2.38. The summed E-state index contributed by atoms with van der Waals surface area (Å²) in [5.74, 6) is -3.30. The third kappa shape index (κ3) is 16.5. The highest BCUT2D eigenvalue weighted by Gasteiger charge is 2.53. The Morgan fingerprint density at radius 1 is 0.622 bits per heavy atom. The van der Waals surface area contributed by atoms with Crippen LogP contribution in [-0.4, -0.2) is 132 Å². The second kappa shape index (κ2) is 31.9. The first-order valence-corrected chi connectivity index (χ1v) is 33.5. The van der Waals surface area contributed by atoms with Crippen molar-refractivity contribution in [3.05, 3.63) is 177 Å². The first kappa shape index (κ1) is 75.8. The van der Waals surface area contributed by atoms with Gasteiger partial charge in [-0.25, -0.2) is 17.6 Å². The zero-order chi connectivity index (χ0) is 69.1. The number of para-hydroxylation sites is 2. The number of nitrogens with one attached hydrogen (secondary N) is 1. The van der Waals surface area contributed by atoms with Crippen LogP contribution in [-0.2, 0) is 106 Å². The molecule has 98 heavy (non-hydrogen) atoms. The number of hydrogen-bond donors (Lipinski definition) is 1. The van der Waals surface area contributed by atoms with Crippen molar-refractivity contribution >= 4 is 139 Å². The molecule has 8 aromatic rings. The van der Waals surface area contributed by atoms with Gasteiger partial charge in [0.2, 0.25) is 17.7 Å². The van der Waals surface area contributed by atoms with E-state index < -0.39 is 77.8 Å². The summed E-state index contributed by atoms with van der Waals surface area (Å²) in [6, 6.07) is 32.8. The molecular weight excluding hydrogens is 1390 g/mol. The van der Waals surface area contributed by atoms with E-state index in [4.69, 9.17) is 9.31 Å². The van der Waals surface area contributed by atoms with Gasteiger partial charge in [0.15, 0.2) is 23.1 Å². The number of halogens is 5. The van der Waals surface area contributed by atoms with Crippen LogP contribution in [0.15, 0.2) is 126 Å². The molecule has 26 heteroatoms. The maximum absolute atomic E-state index is 15.7. The number of Topliss-reactive ketones (excluding diaryl/α,β-unsaturated/α-hetero) is 5. The van der Waals surface area contributed by atoms with Gasteiger partial charge < -0.3 is 24.4 Å². The normalized spacial score (nSPS) is 18.7. The highest BCUT2D eigenvalue weighted by molar-refractivity contribution is 9.10. The van der Waals surface area contributed by atoms with Gasteiger partial charge in [-0.15, -0.1) is 0 Å². The van der Waals surface area contributed by atoms with E-state index in [1.165, 1.54) is 56.3 Å². The van der Waals surface area contributed by atoms with E-state index in [-0.39, 0.29) is 118 Å². The van der Waals surface area contributed by atoms with Crippen molar-refractivity contribution in [2.75, 3.05) is 18.4 Å². The van der Waals surface area contributed by atoms with Gasteiger partial charge in [-0.2, -0.15) is 23.7 Å². The van der Waals surface area contributed by atoms with Crippen molar-refractivity contribution in [3.63, 3.8) is 0 Å². The largest absolute Gasteiger partial charge is 0.497 e. The van der Waals surface area contributed by atoms with Crippen LogP contribution in [0.3, 0.4) is 0 Å². The number of carbonyl (C=O) groups excluding carboxylic acids is 8. The molecule has 17 nitrogen and oxygen atoms in total. The lowest BCUT2D eigenvalue weighted by molar-refractivity contribution is -0.138. The maximum Gasteiger partial charge on any atom is 0.497 e. The van der Waals surface area contributed by atoms with Crippen LogP contribution in [0.1, 0.15) is 123 Å². The molecule has 0 radical (unpaired) electrons. The summed E-state index contributed by atoms with van der Waals surface area (Å²) in [7, 11) is -0.941. The van der Waals surface area contributed by atoms with Gasteiger partial charge in [0.05, 0.1) is 47.4 Å². The minimum absolute atomic E-state index is 0. The minimum Gasteiger partial charge on any atom is -0.399 e. The number of fused-ring (bicyclic) bond motifs is 4. The molecule has 0 unspecified atom stereocenters. The van der Waals surface area contributed by atoms with E-state index in [0.717, 1.165) is 16.5 Å². The van der Waals surface area contributed by atoms with Crippen molar-refractivity contribution in [3.8, 4) is 11.1 Å². The van der Waals surface area contributed by atoms with Gasteiger partial charge >= 0.3 is 7.12 Å². The topological polar surface area (TPSA) is 209 Å². The highest BCUT2D eigenvalue weighted by atomic mass is 79.9. The predicted molar refractivity (Wildman–Crippen MR) is 381 cm³/mol. The summed E-state index contributed by atoms with van der Waals surface area (Å²) >= 11 is 10.8. The zero-order valence-electron chi connectivity index (χ0n) is 54.1. The molecule has 2 aromatic heterocycles. The number of ketones is 5. The molecule has 13 rings (SSSR count). The molecule has 0 saturated carbocycles. The SMILES string of the molecule is C.CC(=O)c1nn(CC(=O)N2C[C@H](F)C[C@H]2C(=O)Cc2cccc(-c3ccc4c(c3)CCC(=O)N4)c2F)c2ccccc12.CC(=O)c1nn(CC(=O)N2C[C@H](F)C[C@H]2C(=O)Cc2cccc(B3OC(C)(C)C(C)(C)O3)c2F)c2ccccc12.O=C1CCc2cc(Br)ccc2C1.S.S=S. The van der Waals surface area contributed by atoms with Crippen molar-refractivity contribution in [2.24, 2.45) is 0 Å². The standard InChI is InChI=1S/C32H28F2N4O4.C29H32BF2N3O5.C10H9BrO.CH4.S2.H2S/c1-18(39)32-24-6-2-3-8-26(24)38(36-32)17-30(42)37-16-22(33)15-27(37)28(40)14-21-5-4-7-23(31(21)34)19-9-11-25-20(13-19)10-12-29(41)35-25;1-17(36)27-20-10-6-7-12-22(20)35(33-27)16-25(38)34-15-19(31)14-23(34)24(37)13-18-9-8-11-21(26(18)32)30-39-28(2,3)29(4,5)40-30;11-9-3-1-8-6-10(12)4-2-7(8)5-9;;1-2;/h2-9,11,13,22,27H,10,12,14-17H2,1H3,(H,35,41);6-12,19,23H,13-16H2,1-5H3;1,3,5H,2,4,6H2;1H4;;1H2/t22-,27+;19-,23+;;;;/m11..../s1. The molecule has 4 aliphatic heterocycles. The average Bonchev–Trinajstić information content (AvgIpc) is 1.59. The van der Waals surface area contributed by atoms with Crippen LogP contribution < -0.4 is 10.8 Å². The number of alkyl halides is 2. The number of aryl methyl sites for hydroxylation is 2.